The molecule has 0 saturated heterocycles. The molecule has 0 fully saturated rings. The molecular weight excluding hydrogens is 290 g/mol. The van der Waals surface area contributed by atoms with Gasteiger partial charge >= 0.3 is 0 Å². The molecule has 0 saturated carbocycles. The molecule has 1 aromatic heterocycles. The number of benzene rings is 1. The molecule has 2 atom stereocenters. The third kappa shape index (κ3) is 4.20. The van der Waals surface area contributed by atoms with Crippen LogP contribution in [0.25, 0.3) is 10.9 Å². The summed E-state index contributed by atoms with van der Waals surface area (Å²) in [5.74, 6) is -0.00270. The Hall–Kier alpha value is -2.14. The molecule has 5 heteroatoms. The number of H-pyrrole nitrogens is 1. The highest BCUT2D eigenvalue weighted by molar-refractivity contribution is 6.09. The number of hydrogen-bond acceptors (Lipinski definition) is 2. The lowest BCUT2D eigenvalue weighted by atomic mass is 10.0. The summed E-state index contributed by atoms with van der Waals surface area (Å²) in [4.78, 5) is 28.8. The van der Waals surface area contributed by atoms with Gasteiger partial charge < -0.3 is 15.2 Å². The van der Waals surface area contributed by atoms with Crippen LogP contribution in [0, 0.1) is 0 Å². The predicted octanol–water partition coefficient (Wildman–Crippen LogP) is 1.17. The fraction of sp³-hybridized carbons (Fsp3) is 0.444. The van der Waals surface area contributed by atoms with E-state index in [2.05, 4.69) is 10.3 Å². The van der Waals surface area contributed by atoms with E-state index < -0.39 is 0 Å². The molecule has 1 amide bonds. The molecule has 5 nitrogen and oxygen atoms in total. The lowest BCUT2D eigenvalue weighted by Crippen LogP contribution is -3.14. The fourth-order valence-electron chi connectivity index (χ4n) is 2.60. The number of ketones is 1. The van der Waals surface area contributed by atoms with Crippen molar-refractivity contribution in [3.8, 4) is 0 Å². The van der Waals surface area contributed by atoms with Crippen LogP contribution >= 0.6 is 0 Å². The summed E-state index contributed by atoms with van der Waals surface area (Å²) in [5, 5.41) is 3.86. The highest BCUT2D eigenvalue weighted by Crippen LogP contribution is 2.18. The van der Waals surface area contributed by atoms with Gasteiger partial charge in [0.05, 0.1) is 7.05 Å². The first-order valence-electron chi connectivity index (χ1n) is 7.92. The maximum Gasteiger partial charge on any atom is 0.275 e. The number of aromatic nitrogens is 1. The molecule has 2 aromatic rings. The van der Waals surface area contributed by atoms with Crippen LogP contribution in [-0.4, -0.2) is 41.8 Å². The standard InChI is InChI=1S/C18H25N3O2/c1-12(21(5)11-16(22)20-18(2,3)4)17(23)14-10-19-15-9-7-6-8-13(14)15/h6-10,12,19H,11H2,1-5H3,(H,20,22)/p+1/t12-/m1/s1. The number of aromatic amines is 1. The number of carbonyl (C=O) groups is 2. The molecule has 0 spiro atoms. The lowest BCUT2D eigenvalue weighted by molar-refractivity contribution is -0.885. The zero-order valence-corrected chi connectivity index (χ0v) is 14.5. The molecule has 1 unspecified atom stereocenters. The number of likely N-dealkylation sites (N-methyl/N-ethyl adjacent to an activating group) is 1. The summed E-state index contributed by atoms with van der Waals surface area (Å²) in [7, 11) is 1.87. The van der Waals surface area contributed by atoms with Gasteiger partial charge in [0.15, 0.2) is 6.54 Å². The molecule has 1 aromatic carbocycles. The van der Waals surface area contributed by atoms with Gasteiger partial charge in [-0.25, -0.2) is 0 Å². The van der Waals surface area contributed by atoms with Crippen LogP contribution in [-0.2, 0) is 4.79 Å². The molecule has 2 rings (SSSR count). The van der Waals surface area contributed by atoms with Crippen molar-refractivity contribution in [3.05, 3.63) is 36.0 Å². The van der Waals surface area contributed by atoms with E-state index in [9.17, 15) is 9.59 Å². The zero-order chi connectivity index (χ0) is 17.2. The Morgan fingerprint density at radius 3 is 2.57 bits per heavy atom. The third-order valence-corrected chi connectivity index (χ3v) is 3.94. The first-order valence-corrected chi connectivity index (χ1v) is 7.92. The van der Waals surface area contributed by atoms with E-state index in [-0.39, 0.29) is 29.8 Å². The van der Waals surface area contributed by atoms with Crippen molar-refractivity contribution in [2.24, 2.45) is 0 Å². The second kappa shape index (κ2) is 6.54. The first kappa shape index (κ1) is 17.2. The molecule has 3 N–H and O–H groups in total. The molecule has 0 aliphatic carbocycles. The van der Waals surface area contributed by atoms with E-state index in [1.165, 1.54) is 0 Å². The minimum Gasteiger partial charge on any atom is -0.360 e. The minimum atomic E-state index is -0.292. The Kier molecular flexibility index (Phi) is 4.90. The average Bonchev–Trinajstić information content (AvgIpc) is 2.87. The van der Waals surface area contributed by atoms with E-state index in [1.807, 2.05) is 59.0 Å². The summed E-state index contributed by atoms with van der Waals surface area (Å²) >= 11 is 0. The van der Waals surface area contributed by atoms with Crippen LogP contribution in [0.4, 0.5) is 0 Å². The van der Waals surface area contributed by atoms with E-state index in [0.29, 0.717) is 5.56 Å². The Bertz CT molecular complexity index is 712. The van der Waals surface area contributed by atoms with Gasteiger partial charge in [-0.15, -0.1) is 0 Å². The van der Waals surface area contributed by atoms with Crippen LogP contribution in [0.5, 0.6) is 0 Å². The molecule has 124 valence electrons. The number of Topliss-reactive ketones (excluding diaryl/α,β-unsaturated/α-hetero) is 1. The van der Waals surface area contributed by atoms with Crippen LogP contribution in [0.2, 0.25) is 0 Å². The van der Waals surface area contributed by atoms with Crippen molar-refractivity contribution in [2.75, 3.05) is 13.6 Å². The Balaban J connectivity index is 2.08. The van der Waals surface area contributed by atoms with Gasteiger partial charge in [-0.1, -0.05) is 18.2 Å². The molecular formula is C18H26N3O2+. The summed E-state index contributed by atoms with van der Waals surface area (Å²) < 4.78 is 0. The molecule has 23 heavy (non-hydrogen) atoms. The maximum absolute atomic E-state index is 12.8. The van der Waals surface area contributed by atoms with Crippen LogP contribution < -0.4 is 10.2 Å². The van der Waals surface area contributed by atoms with Crippen LogP contribution in [0.3, 0.4) is 0 Å². The summed E-state index contributed by atoms with van der Waals surface area (Å²) in [6.45, 7) is 7.97. The minimum absolute atomic E-state index is 0.0449. The molecule has 0 radical (unpaired) electrons. The lowest BCUT2D eigenvalue weighted by Gasteiger charge is -2.24. The molecule has 0 bridgehead atoms. The highest BCUT2D eigenvalue weighted by Gasteiger charge is 2.27. The number of fused-ring (bicyclic) bond motifs is 1. The largest absolute Gasteiger partial charge is 0.360 e. The van der Waals surface area contributed by atoms with Crippen molar-refractivity contribution >= 4 is 22.6 Å². The van der Waals surface area contributed by atoms with Gasteiger partial charge in [0.25, 0.3) is 5.91 Å². The zero-order valence-electron chi connectivity index (χ0n) is 14.5. The quantitative estimate of drug-likeness (QED) is 0.725. The Morgan fingerprint density at radius 2 is 1.91 bits per heavy atom. The van der Waals surface area contributed by atoms with Crippen molar-refractivity contribution in [3.63, 3.8) is 0 Å². The van der Waals surface area contributed by atoms with Crippen LogP contribution in [0.1, 0.15) is 38.1 Å². The first-order chi connectivity index (χ1) is 10.7. The molecule has 0 aliphatic rings. The normalized spacial score (nSPS) is 14.5. The van der Waals surface area contributed by atoms with Crippen molar-refractivity contribution < 1.29 is 14.5 Å². The Labute approximate surface area is 137 Å². The van der Waals surface area contributed by atoms with Gasteiger partial charge in [0, 0.05) is 28.2 Å². The van der Waals surface area contributed by atoms with Gasteiger partial charge in [-0.3, -0.25) is 9.59 Å². The maximum atomic E-state index is 12.8. The van der Waals surface area contributed by atoms with E-state index in [1.54, 1.807) is 6.20 Å². The van der Waals surface area contributed by atoms with Gasteiger partial charge in [0.1, 0.15) is 6.04 Å². The predicted molar refractivity (Wildman–Crippen MR) is 91.7 cm³/mol. The van der Waals surface area contributed by atoms with Crippen LogP contribution in [0.15, 0.2) is 30.5 Å². The highest BCUT2D eigenvalue weighted by atomic mass is 16.2. The smallest absolute Gasteiger partial charge is 0.275 e. The van der Waals surface area contributed by atoms with Crippen molar-refractivity contribution in [1.82, 2.24) is 10.3 Å². The number of quaternary nitrogens is 1. The van der Waals surface area contributed by atoms with E-state index in [4.69, 9.17) is 0 Å². The van der Waals surface area contributed by atoms with Crippen molar-refractivity contribution in [2.45, 2.75) is 39.3 Å². The number of carbonyl (C=O) groups excluding carboxylic acids is 2. The van der Waals surface area contributed by atoms with E-state index in [0.717, 1.165) is 15.8 Å². The summed E-state index contributed by atoms with van der Waals surface area (Å²) in [5.41, 5.74) is 1.37. The number of rotatable bonds is 5. The second-order valence-electron chi connectivity index (χ2n) is 7.16. The summed E-state index contributed by atoms with van der Waals surface area (Å²) in [6, 6.07) is 7.45. The second-order valence-corrected chi connectivity index (χ2v) is 7.16. The topological polar surface area (TPSA) is 66.4 Å². The van der Waals surface area contributed by atoms with E-state index >= 15 is 0 Å². The van der Waals surface area contributed by atoms with Gasteiger partial charge in [-0.2, -0.15) is 0 Å². The third-order valence-electron chi connectivity index (χ3n) is 3.94. The van der Waals surface area contributed by atoms with Gasteiger partial charge in [0.2, 0.25) is 5.78 Å². The number of hydrogen-bond donors (Lipinski definition) is 3. The monoisotopic (exact) mass is 316 g/mol. The fourth-order valence-corrected chi connectivity index (χ4v) is 2.60. The van der Waals surface area contributed by atoms with Gasteiger partial charge in [-0.05, 0) is 33.8 Å². The van der Waals surface area contributed by atoms with Crippen molar-refractivity contribution in [1.29, 1.82) is 0 Å². The number of para-hydroxylation sites is 1. The molecule has 1 heterocycles. The summed E-state index contributed by atoms with van der Waals surface area (Å²) in [6.07, 6.45) is 1.76. The SMILES string of the molecule is C[C@H](C(=O)c1c[nH]c2ccccc12)[NH+](C)CC(=O)NC(C)(C)C. The Morgan fingerprint density at radius 1 is 1.26 bits per heavy atom. The number of nitrogens with one attached hydrogen (secondary N) is 3. The molecule has 0 aliphatic heterocycles. The number of amides is 1. The average molecular weight is 316 g/mol.